The van der Waals surface area contributed by atoms with Gasteiger partial charge < -0.3 is 5.32 Å². The Hall–Kier alpha value is -2.95. The lowest BCUT2D eigenvalue weighted by Gasteiger charge is -2.13. The average molecular weight is 374 g/mol. The molecule has 0 spiro atoms. The van der Waals surface area contributed by atoms with Crippen LogP contribution in [-0.2, 0) is 29.5 Å². The van der Waals surface area contributed by atoms with Crippen molar-refractivity contribution in [3.05, 3.63) is 71.0 Å². The van der Waals surface area contributed by atoms with Gasteiger partial charge in [-0.2, -0.15) is 9.78 Å². The van der Waals surface area contributed by atoms with Gasteiger partial charge in [0, 0.05) is 17.7 Å². The molecule has 0 saturated heterocycles. The summed E-state index contributed by atoms with van der Waals surface area (Å²) in [5, 5.41) is 7.74. The molecule has 0 unspecified atom stereocenters. The van der Waals surface area contributed by atoms with Crippen LogP contribution in [0.1, 0.15) is 49.6 Å². The van der Waals surface area contributed by atoms with Crippen molar-refractivity contribution >= 4 is 11.7 Å². The number of rotatable bonds is 4. The molecule has 0 aliphatic heterocycles. The van der Waals surface area contributed by atoms with Gasteiger partial charge in [0.1, 0.15) is 5.82 Å². The highest BCUT2D eigenvalue weighted by atomic mass is 16.1. The minimum Gasteiger partial charge on any atom is -0.310 e. The van der Waals surface area contributed by atoms with Crippen molar-refractivity contribution in [3.63, 3.8) is 0 Å². The zero-order valence-electron chi connectivity index (χ0n) is 16.7. The molecule has 1 aliphatic carbocycles. The molecule has 1 aliphatic rings. The van der Waals surface area contributed by atoms with E-state index < -0.39 is 0 Å². The second-order valence-electron chi connectivity index (χ2n) is 8.45. The van der Waals surface area contributed by atoms with Crippen LogP contribution in [0.2, 0.25) is 0 Å². The van der Waals surface area contributed by atoms with Gasteiger partial charge in [0.25, 0.3) is 0 Å². The smallest absolute Gasteiger partial charge is 0.229 e. The van der Waals surface area contributed by atoms with Crippen LogP contribution in [0, 0.1) is 0 Å². The van der Waals surface area contributed by atoms with E-state index in [4.69, 9.17) is 5.10 Å². The molecule has 4 rings (SSSR count). The number of pyridine rings is 1. The fourth-order valence-electron chi connectivity index (χ4n) is 3.60. The molecule has 0 fully saturated rings. The number of hydrogen-bond donors (Lipinski definition) is 1. The largest absolute Gasteiger partial charge is 0.310 e. The summed E-state index contributed by atoms with van der Waals surface area (Å²) in [7, 11) is 0. The molecule has 1 amide bonds. The van der Waals surface area contributed by atoms with Gasteiger partial charge in [-0.25, -0.2) is 4.98 Å². The summed E-state index contributed by atoms with van der Waals surface area (Å²) >= 11 is 0. The summed E-state index contributed by atoms with van der Waals surface area (Å²) in [6.07, 6.45) is 5.56. The third-order valence-electron chi connectivity index (χ3n) is 5.14. The number of aromatic nitrogens is 3. The molecule has 0 atom stereocenters. The summed E-state index contributed by atoms with van der Waals surface area (Å²) in [4.78, 5) is 17.1. The average Bonchev–Trinajstić information content (AvgIpc) is 3.28. The molecule has 2 aromatic heterocycles. The maximum atomic E-state index is 12.8. The molecule has 1 N–H and O–H groups in total. The Labute approximate surface area is 165 Å². The third-order valence-corrected chi connectivity index (χ3v) is 5.14. The first kappa shape index (κ1) is 18.4. The van der Waals surface area contributed by atoms with E-state index in [-0.39, 0.29) is 11.3 Å². The number of amides is 1. The fraction of sp³-hybridized carbons (Fsp3) is 0.348. The zero-order valence-corrected chi connectivity index (χ0v) is 16.7. The molecule has 5 nitrogen and oxygen atoms in total. The number of benzene rings is 1. The first-order chi connectivity index (χ1) is 13.4. The second-order valence-corrected chi connectivity index (χ2v) is 8.45. The van der Waals surface area contributed by atoms with Crippen molar-refractivity contribution in [1.29, 1.82) is 0 Å². The highest BCUT2D eigenvalue weighted by Crippen LogP contribution is 2.26. The molecule has 144 valence electrons. The predicted octanol–water partition coefficient (Wildman–Crippen LogP) is 4.23. The lowest BCUT2D eigenvalue weighted by molar-refractivity contribution is -0.115. The highest BCUT2D eigenvalue weighted by molar-refractivity contribution is 5.91. The van der Waals surface area contributed by atoms with E-state index >= 15 is 0 Å². The summed E-state index contributed by atoms with van der Waals surface area (Å²) in [5.41, 5.74) is 4.65. The van der Waals surface area contributed by atoms with E-state index in [9.17, 15) is 4.79 Å². The van der Waals surface area contributed by atoms with E-state index in [1.165, 1.54) is 17.5 Å². The first-order valence-electron chi connectivity index (χ1n) is 9.83. The number of aryl methyl sites for hydroxylation is 2. The van der Waals surface area contributed by atoms with Crippen molar-refractivity contribution < 1.29 is 4.79 Å². The second kappa shape index (κ2) is 7.23. The first-order valence-corrected chi connectivity index (χ1v) is 9.83. The number of carbonyl (C=O) groups is 1. The van der Waals surface area contributed by atoms with Crippen molar-refractivity contribution in [2.24, 2.45) is 0 Å². The quantitative estimate of drug-likeness (QED) is 0.743. The van der Waals surface area contributed by atoms with Crippen LogP contribution in [0.5, 0.6) is 0 Å². The maximum absolute atomic E-state index is 12.8. The monoisotopic (exact) mass is 374 g/mol. The van der Waals surface area contributed by atoms with Gasteiger partial charge in [-0.05, 0) is 48.1 Å². The Morgan fingerprint density at radius 2 is 1.93 bits per heavy atom. The van der Waals surface area contributed by atoms with Crippen molar-refractivity contribution in [2.75, 3.05) is 5.32 Å². The Balaban J connectivity index is 1.58. The number of nitrogens with zero attached hydrogens (tertiary/aromatic N) is 3. The molecule has 3 aromatic rings. The summed E-state index contributed by atoms with van der Waals surface area (Å²) in [6, 6.07) is 14.0. The fourth-order valence-corrected chi connectivity index (χ4v) is 3.60. The van der Waals surface area contributed by atoms with Crippen LogP contribution in [-0.4, -0.2) is 20.7 Å². The van der Waals surface area contributed by atoms with Gasteiger partial charge in [0.15, 0.2) is 5.82 Å². The molecule has 5 heteroatoms. The summed E-state index contributed by atoms with van der Waals surface area (Å²) in [6.45, 7) is 6.32. The Kier molecular flexibility index (Phi) is 4.75. The highest BCUT2D eigenvalue weighted by Gasteiger charge is 2.22. The topological polar surface area (TPSA) is 59.8 Å². The Morgan fingerprint density at radius 1 is 1.11 bits per heavy atom. The Morgan fingerprint density at radius 3 is 2.68 bits per heavy atom. The van der Waals surface area contributed by atoms with Crippen LogP contribution in [0.3, 0.4) is 0 Å². The standard InChI is InChI=1S/C23H26N4O/c1-23(2,3)19-15-21(27(26-19)20-9-4-5-12-24-20)25-22(28)14-16-10-11-17-7-6-8-18(17)13-16/h4-5,9-13,15H,6-8,14H2,1-3H3,(H,25,28). The SMILES string of the molecule is CC(C)(C)c1cc(NC(=O)Cc2ccc3c(c2)CCC3)n(-c2ccccn2)n1. The molecule has 0 bridgehead atoms. The number of anilines is 1. The van der Waals surface area contributed by atoms with Gasteiger partial charge in [0.2, 0.25) is 5.91 Å². The van der Waals surface area contributed by atoms with Crippen LogP contribution >= 0.6 is 0 Å². The van der Waals surface area contributed by atoms with Crippen molar-refractivity contribution in [2.45, 2.75) is 51.9 Å². The lowest BCUT2D eigenvalue weighted by atomic mass is 9.92. The molecule has 28 heavy (non-hydrogen) atoms. The van der Waals surface area contributed by atoms with Crippen molar-refractivity contribution in [1.82, 2.24) is 14.8 Å². The lowest BCUT2D eigenvalue weighted by Crippen LogP contribution is -2.17. The van der Waals surface area contributed by atoms with E-state index in [1.54, 1.807) is 10.9 Å². The number of fused-ring (bicyclic) bond motifs is 1. The normalized spacial score (nSPS) is 13.4. The molecule has 1 aromatic carbocycles. The van der Waals surface area contributed by atoms with Gasteiger partial charge in [0.05, 0.1) is 12.1 Å². The summed E-state index contributed by atoms with van der Waals surface area (Å²) in [5.74, 6) is 1.29. The predicted molar refractivity (Wildman–Crippen MR) is 111 cm³/mol. The Bertz CT molecular complexity index is 999. The van der Waals surface area contributed by atoms with Crippen molar-refractivity contribution in [3.8, 4) is 5.82 Å². The minimum atomic E-state index is -0.126. The number of carbonyl (C=O) groups excluding carboxylic acids is 1. The van der Waals surface area contributed by atoms with Crippen LogP contribution < -0.4 is 5.32 Å². The van der Waals surface area contributed by atoms with Gasteiger partial charge in [-0.1, -0.05) is 45.0 Å². The van der Waals surface area contributed by atoms with Gasteiger partial charge >= 0.3 is 0 Å². The molecule has 2 heterocycles. The van der Waals surface area contributed by atoms with E-state index in [1.807, 2.05) is 24.3 Å². The third kappa shape index (κ3) is 3.84. The molecular weight excluding hydrogens is 348 g/mol. The number of nitrogens with one attached hydrogen (secondary N) is 1. The number of hydrogen-bond acceptors (Lipinski definition) is 3. The maximum Gasteiger partial charge on any atom is 0.229 e. The van der Waals surface area contributed by atoms with Crippen LogP contribution in [0.15, 0.2) is 48.7 Å². The summed E-state index contributed by atoms with van der Waals surface area (Å²) < 4.78 is 1.71. The van der Waals surface area contributed by atoms with E-state index in [0.717, 1.165) is 24.1 Å². The van der Waals surface area contributed by atoms with Crippen LogP contribution in [0.4, 0.5) is 5.82 Å². The molecular formula is C23H26N4O. The minimum absolute atomic E-state index is 0.0458. The van der Waals surface area contributed by atoms with Gasteiger partial charge in [-0.15, -0.1) is 0 Å². The van der Waals surface area contributed by atoms with E-state index in [0.29, 0.717) is 18.1 Å². The van der Waals surface area contributed by atoms with Crippen LogP contribution in [0.25, 0.3) is 5.82 Å². The molecule has 0 saturated carbocycles. The molecule has 0 radical (unpaired) electrons. The van der Waals surface area contributed by atoms with Gasteiger partial charge in [-0.3, -0.25) is 4.79 Å². The zero-order chi connectivity index (χ0) is 19.7. The van der Waals surface area contributed by atoms with E-state index in [2.05, 4.69) is 49.3 Å².